The molecule has 4 aromatic rings. The highest BCUT2D eigenvalue weighted by Gasteiger charge is 2.38. The first-order valence-corrected chi connectivity index (χ1v) is 11.3. The van der Waals surface area contributed by atoms with Crippen LogP contribution < -0.4 is 10.6 Å². The zero-order valence-electron chi connectivity index (χ0n) is 20.1. The summed E-state index contributed by atoms with van der Waals surface area (Å²) in [5, 5.41) is 22.0. The molecule has 198 valence electrons. The number of H-pyrrole nitrogens is 1. The molecule has 12 heteroatoms. The number of rotatable bonds is 7. The molecule has 8 nitrogen and oxygen atoms in total. The summed E-state index contributed by atoms with van der Waals surface area (Å²) < 4.78 is 46.6. The molecule has 4 rings (SSSR count). The van der Waals surface area contributed by atoms with Gasteiger partial charge >= 0.3 is 12.1 Å². The number of nitrogen functional groups attached to an aromatic ring is 1. The first-order valence-electron chi connectivity index (χ1n) is 11.3. The second kappa shape index (κ2) is 12.0. The largest absolute Gasteiger partial charge is 0.490 e. The van der Waals surface area contributed by atoms with Crippen LogP contribution in [-0.4, -0.2) is 38.3 Å². The monoisotopic (exact) mass is 528 g/mol. The zero-order valence-corrected chi connectivity index (χ0v) is 20.1. The van der Waals surface area contributed by atoms with Crippen molar-refractivity contribution >= 4 is 23.2 Å². The van der Waals surface area contributed by atoms with Crippen LogP contribution in [0.1, 0.15) is 23.9 Å². The van der Waals surface area contributed by atoms with Gasteiger partial charge in [0.1, 0.15) is 17.5 Å². The third-order valence-electron chi connectivity index (χ3n) is 5.31. The molecule has 0 aliphatic rings. The molecule has 1 heterocycles. The Morgan fingerprint density at radius 1 is 1.08 bits per heavy atom. The van der Waals surface area contributed by atoms with E-state index < -0.39 is 12.1 Å². The second-order valence-corrected chi connectivity index (χ2v) is 7.96. The standard InChI is InChI=1S/C24H23FN6.C2HF3O2/c1-2-16-8-13-20(25)21(14-16)31(19-11-9-17(10-12-19)23(26)27)15-22-28-24(30-29-22)18-6-4-3-5-7-18;3-2(4,5)1(6)7/h3-14H,2,15H2,1H3,(H3,26,27)(H,28,29,30);(H,6,7). The van der Waals surface area contributed by atoms with Crippen LogP contribution in [0.5, 0.6) is 0 Å². The highest BCUT2D eigenvalue weighted by atomic mass is 19.4. The molecule has 0 fully saturated rings. The molecule has 0 saturated carbocycles. The quantitative estimate of drug-likeness (QED) is 0.144. The summed E-state index contributed by atoms with van der Waals surface area (Å²) in [6, 6.07) is 22.0. The van der Waals surface area contributed by atoms with Gasteiger partial charge in [0.05, 0.1) is 12.2 Å². The Morgan fingerprint density at radius 3 is 2.26 bits per heavy atom. The molecule has 0 amide bonds. The van der Waals surface area contributed by atoms with Gasteiger partial charge in [0, 0.05) is 16.8 Å². The van der Waals surface area contributed by atoms with Gasteiger partial charge in [0.2, 0.25) is 0 Å². The molecule has 0 atom stereocenters. The van der Waals surface area contributed by atoms with Crippen LogP contribution in [0.25, 0.3) is 11.4 Å². The number of anilines is 2. The number of aryl methyl sites for hydroxylation is 1. The molecular weight excluding hydrogens is 504 g/mol. The summed E-state index contributed by atoms with van der Waals surface area (Å²) >= 11 is 0. The van der Waals surface area contributed by atoms with Crippen molar-refractivity contribution in [2.24, 2.45) is 5.73 Å². The Bertz CT molecular complexity index is 1390. The number of carboxylic acid groups (broad SMARTS) is 1. The third-order valence-corrected chi connectivity index (χ3v) is 5.31. The van der Waals surface area contributed by atoms with Crippen LogP contribution >= 0.6 is 0 Å². The van der Waals surface area contributed by atoms with Gasteiger partial charge in [0.25, 0.3) is 0 Å². The Balaban J connectivity index is 0.000000505. The Hall–Kier alpha value is -4.74. The van der Waals surface area contributed by atoms with Crippen LogP contribution in [0.2, 0.25) is 0 Å². The fourth-order valence-corrected chi connectivity index (χ4v) is 3.35. The number of hydrogen-bond acceptors (Lipinski definition) is 5. The van der Waals surface area contributed by atoms with E-state index in [0.29, 0.717) is 29.4 Å². The molecule has 38 heavy (non-hydrogen) atoms. The summed E-state index contributed by atoms with van der Waals surface area (Å²) in [6.07, 6.45) is -4.29. The fourth-order valence-electron chi connectivity index (χ4n) is 3.35. The van der Waals surface area contributed by atoms with Gasteiger partial charge in [-0.3, -0.25) is 10.5 Å². The van der Waals surface area contributed by atoms with Crippen LogP contribution in [-0.2, 0) is 17.8 Å². The topological polar surface area (TPSA) is 132 Å². The van der Waals surface area contributed by atoms with Crippen LogP contribution in [0.4, 0.5) is 28.9 Å². The summed E-state index contributed by atoms with van der Waals surface area (Å²) in [6.45, 7) is 2.33. The van der Waals surface area contributed by atoms with Crippen molar-refractivity contribution in [2.75, 3.05) is 4.90 Å². The van der Waals surface area contributed by atoms with Crippen molar-refractivity contribution < 1.29 is 27.5 Å². The number of nitrogens with two attached hydrogens (primary N) is 1. The van der Waals surface area contributed by atoms with Crippen molar-refractivity contribution in [3.8, 4) is 11.4 Å². The minimum Gasteiger partial charge on any atom is -0.475 e. The van der Waals surface area contributed by atoms with Gasteiger partial charge in [0.15, 0.2) is 5.82 Å². The second-order valence-electron chi connectivity index (χ2n) is 7.96. The SMILES string of the molecule is CCc1ccc(F)c(N(Cc2nc(-c3ccccc3)n[nH]2)c2ccc(C(=N)N)cc2)c1.O=C(O)C(F)(F)F. The Labute approximate surface area is 215 Å². The third kappa shape index (κ3) is 7.15. The van der Waals surface area contributed by atoms with Gasteiger partial charge in [-0.2, -0.15) is 18.3 Å². The number of aliphatic carboxylic acids is 1. The zero-order chi connectivity index (χ0) is 27.9. The number of amidine groups is 1. The van der Waals surface area contributed by atoms with Crippen molar-refractivity contribution in [3.63, 3.8) is 0 Å². The molecule has 0 saturated heterocycles. The number of benzene rings is 3. The number of nitrogens with one attached hydrogen (secondary N) is 2. The van der Waals surface area contributed by atoms with Crippen LogP contribution in [0.3, 0.4) is 0 Å². The van der Waals surface area contributed by atoms with E-state index >= 15 is 0 Å². The lowest BCUT2D eigenvalue weighted by Crippen LogP contribution is -2.21. The number of carboxylic acids is 1. The maximum absolute atomic E-state index is 14.9. The summed E-state index contributed by atoms with van der Waals surface area (Å²) in [7, 11) is 0. The van der Waals surface area contributed by atoms with Crippen LogP contribution in [0.15, 0.2) is 72.8 Å². The van der Waals surface area contributed by atoms with Crippen molar-refractivity contribution in [1.29, 1.82) is 5.41 Å². The number of hydrogen-bond donors (Lipinski definition) is 4. The van der Waals surface area contributed by atoms with E-state index in [1.165, 1.54) is 6.07 Å². The van der Waals surface area contributed by atoms with E-state index in [1.54, 1.807) is 18.2 Å². The van der Waals surface area contributed by atoms with E-state index in [-0.39, 0.29) is 11.7 Å². The first-order chi connectivity index (χ1) is 18.0. The number of aromatic nitrogens is 3. The fraction of sp³-hybridized carbons (Fsp3) is 0.154. The summed E-state index contributed by atoms with van der Waals surface area (Å²) in [5.74, 6) is -1.90. The van der Waals surface area contributed by atoms with Crippen LogP contribution in [0, 0.1) is 11.2 Å². The predicted octanol–water partition coefficient (Wildman–Crippen LogP) is 5.43. The molecule has 1 aromatic heterocycles. The normalized spacial score (nSPS) is 10.9. The van der Waals surface area contributed by atoms with E-state index in [9.17, 15) is 17.6 Å². The average molecular weight is 529 g/mol. The lowest BCUT2D eigenvalue weighted by molar-refractivity contribution is -0.192. The van der Waals surface area contributed by atoms with Crippen molar-refractivity contribution in [1.82, 2.24) is 15.2 Å². The Kier molecular flexibility index (Phi) is 8.79. The molecule has 0 spiro atoms. The van der Waals surface area contributed by atoms with E-state index in [4.69, 9.17) is 21.0 Å². The molecule has 0 aliphatic heterocycles. The molecule has 0 unspecified atom stereocenters. The Morgan fingerprint density at radius 2 is 1.71 bits per heavy atom. The summed E-state index contributed by atoms with van der Waals surface area (Å²) in [4.78, 5) is 15.3. The number of alkyl halides is 3. The minimum atomic E-state index is -5.08. The maximum Gasteiger partial charge on any atom is 0.490 e. The molecule has 0 aliphatic carbocycles. The van der Waals surface area contributed by atoms with Crippen molar-refractivity contribution in [3.05, 3.63) is 95.6 Å². The first kappa shape index (κ1) is 27.8. The van der Waals surface area contributed by atoms with Gasteiger partial charge in [-0.1, -0.05) is 43.3 Å². The summed E-state index contributed by atoms with van der Waals surface area (Å²) in [5.41, 5.74) is 9.34. The van der Waals surface area contributed by atoms with Gasteiger partial charge in [-0.15, -0.1) is 0 Å². The number of carbonyl (C=O) groups is 1. The molecule has 3 aromatic carbocycles. The molecule has 5 N–H and O–H groups in total. The van der Waals surface area contributed by atoms with Gasteiger partial charge < -0.3 is 15.7 Å². The van der Waals surface area contributed by atoms with Crippen molar-refractivity contribution in [2.45, 2.75) is 26.1 Å². The highest BCUT2D eigenvalue weighted by molar-refractivity contribution is 5.95. The number of aromatic amines is 1. The minimum absolute atomic E-state index is 0.0139. The van der Waals surface area contributed by atoms with E-state index in [2.05, 4.69) is 15.2 Å². The average Bonchev–Trinajstić information content (AvgIpc) is 3.37. The molecule has 0 bridgehead atoms. The highest BCUT2D eigenvalue weighted by Crippen LogP contribution is 2.31. The smallest absolute Gasteiger partial charge is 0.475 e. The lowest BCUT2D eigenvalue weighted by atomic mass is 10.1. The predicted molar refractivity (Wildman–Crippen MR) is 135 cm³/mol. The molecular formula is C26H24F4N6O2. The lowest BCUT2D eigenvalue weighted by Gasteiger charge is -2.25. The van der Waals surface area contributed by atoms with Gasteiger partial charge in [-0.05, 0) is 48.4 Å². The van der Waals surface area contributed by atoms with E-state index in [1.807, 2.05) is 60.4 Å². The maximum atomic E-state index is 14.9. The molecule has 0 radical (unpaired) electrons. The number of halogens is 4. The van der Waals surface area contributed by atoms with E-state index in [0.717, 1.165) is 23.2 Å². The van der Waals surface area contributed by atoms with Gasteiger partial charge in [-0.25, -0.2) is 14.2 Å². The number of nitrogens with zero attached hydrogens (tertiary/aromatic N) is 3.